The van der Waals surface area contributed by atoms with E-state index in [1.165, 1.54) is 11.9 Å². The Morgan fingerprint density at radius 2 is 1.68 bits per heavy atom. The SMILES string of the molecule is CNN1CCC(/C(=C\NC=O)c2cc(OC)c(CN3CCC(CN4CCC5(CC4)CC(Oc4ccc(C=O)c(C(=O)N(C)C6CCC(=O)NC6=O)c4)C5)CC3)c(OC)c2)=C(CF)C1. The summed E-state index contributed by atoms with van der Waals surface area (Å²) in [6.45, 7) is 6.38. The van der Waals surface area contributed by atoms with Crippen molar-refractivity contribution < 1.29 is 42.6 Å². The predicted molar refractivity (Wildman–Crippen MR) is 235 cm³/mol. The molecule has 0 radical (unpaired) electrons. The standard InChI is InChI=1S/C47H62FN7O8/c1-49-55-16-11-37(34(24-48)27-55)39(25-50-30-57)33-19-42(61-3)40(43(20-33)62-4)28-53-14-9-31(10-15-53)26-54-17-12-47(13-18-54)22-36(23-47)63-35-6-5-32(29-56)38(21-35)46(60)52(2)41-7-8-44(58)51-45(41)59/h5-6,19-21,25,29-31,36,41,49H,7-18,22-24,26-28H2,1-4H3,(H,50,57)(H,51,58,59)/b39-25-. The second kappa shape index (κ2) is 20.6. The zero-order valence-electron chi connectivity index (χ0n) is 37.0. The Kier molecular flexibility index (Phi) is 15.0. The zero-order chi connectivity index (χ0) is 44.7. The van der Waals surface area contributed by atoms with Gasteiger partial charge in [-0.05, 0) is 143 Å². The van der Waals surface area contributed by atoms with Crippen molar-refractivity contribution in [2.45, 2.75) is 76.5 Å². The molecule has 4 amide bonds. The normalized spacial score (nSPS) is 21.7. The van der Waals surface area contributed by atoms with Crippen molar-refractivity contribution in [2.24, 2.45) is 11.3 Å². The molecular weight excluding hydrogens is 810 g/mol. The maximum Gasteiger partial charge on any atom is 0.255 e. The van der Waals surface area contributed by atoms with Crippen LogP contribution in [0.15, 0.2) is 47.7 Å². The van der Waals surface area contributed by atoms with Crippen LogP contribution in [-0.2, 0) is 20.9 Å². The summed E-state index contributed by atoms with van der Waals surface area (Å²) in [4.78, 5) is 67.1. The Bertz CT molecular complexity index is 2060. The van der Waals surface area contributed by atoms with Crippen molar-refractivity contribution >= 4 is 36.0 Å². The average molecular weight is 872 g/mol. The third kappa shape index (κ3) is 10.5. The van der Waals surface area contributed by atoms with Gasteiger partial charge in [-0.2, -0.15) is 0 Å². The number of likely N-dealkylation sites (N-methyl/N-ethyl adjacent to an activating group) is 1. The van der Waals surface area contributed by atoms with Crippen LogP contribution in [0.2, 0.25) is 0 Å². The van der Waals surface area contributed by atoms with Gasteiger partial charge in [0.25, 0.3) is 5.91 Å². The fourth-order valence-electron chi connectivity index (χ4n) is 10.2. The highest BCUT2D eigenvalue weighted by atomic mass is 19.1. The monoisotopic (exact) mass is 871 g/mol. The summed E-state index contributed by atoms with van der Waals surface area (Å²) in [5.41, 5.74) is 7.79. The molecule has 2 aromatic carbocycles. The number of likely N-dealkylation sites (tertiary alicyclic amines) is 2. The van der Waals surface area contributed by atoms with E-state index in [0.29, 0.717) is 67.5 Å². The number of ether oxygens (including phenoxy) is 3. The Labute approximate surface area is 369 Å². The number of benzene rings is 2. The fraction of sp³-hybridized carbons (Fsp3) is 0.553. The minimum atomic E-state index is -0.790. The molecule has 5 aliphatic rings. The third-order valence-corrected chi connectivity index (χ3v) is 14.0. The van der Waals surface area contributed by atoms with Crippen LogP contribution in [0.25, 0.3) is 5.57 Å². The van der Waals surface area contributed by atoms with Crippen molar-refractivity contribution in [1.82, 2.24) is 35.8 Å². The molecule has 340 valence electrons. The van der Waals surface area contributed by atoms with Gasteiger partial charge in [0.15, 0.2) is 6.29 Å². The second-order valence-corrected chi connectivity index (χ2v) is 17.7. The first-order valence-corrected chi connectivity index (χ1v) is 22.2. The number of amides is 4. The number of carbonyl (C=O) groups excluding carboxylic acids is 5. The number of halogens is 1. The Morgan fingerprint density at radius 3 is 2.30 bits per heavy atom. The lowest BCUT2D eigenvalue weighted by atomic mass is 9.61. The lowest BCUT2D eigenvalue weighted by molar-refractivity contribution is -0.136. The van der Waals surface area contributed by atoms with Gasteiger partial charge < -0.3 is 29.3 Å². The molecule has 15 nitrogen and oxygen atoms in total. The molecule has 1 aliphatic carbocycles. The van der Waals surface area contributed by atoms with Crippen LogP contribution in [-0.4, -0.2) is 143 Å². The van der Waals surface area contributed by atoms with E-state index in [4.69, 9.17) is 14.2 Å². The molecule has 0 aromatic heterocycles. The summed E-state index contributed by atoms with van der Waals surface area (Å²) in [5, 5.41) is 6.94. The molecule has 4 heterocycles. The number of nitrogens with zero attached hydrogens (tertiary/aromatic N) is 4. The van der Waals surface area contributed by atoms with E-state index in [1.54, 1.807) is 38.6 Å². The van der Waals surface area contributed by atoms with E-state index < -0.39 is 24.5 Å². The first-order valence-electron chi connectivity index (χ1n) is 22.2. The molecule has 3 N–H and O–H groups in total. The molecule has 1 spiro atoms. The molecule has 2 aromatic rings. The lowest BCUT2D eigenvalue weighted by Crippen LogP contribution is -2.53. The topological polar surface area (TPSA) is 162 Å². The maximum absolute atomic E-state index is 14.3. The van der Waals surface area contributed by atoms with Crippen LogP contribution in [0.5, 0.6) is 17.2 Å². The summed E-state index contributed by atoms with van der Waals surface area (Å²) >= 11 is 0. The summed E-state index contributed by atoms with van der Waals surface area (Å²) in [6.07, 6.45) is 10.2. The molecule has 1 saturated carbocycles. The number of hydrazine groups is 1. The number of methoxy groups -OCH3 is 2. The Balaban J connectivity index is 0.890. The number of nitrogens with one attached hydrogen (secondary N) is 3. The second-order valence-electron chi connectivity index (χ2n) is 17.7. The highest BCUT2D eigenvalue weighted by molar-refractivity contribution is 6.06. The highest BCUT2D eigenvalue weighted by Gasteiger charge is 2.47. The summed E-state index contributed by atoms with van der Waals surface area (Å²) in [5.74, 6) is 1.18. The number of hydrogen-bond acceptors (Lipinski definition) is 12. The number of rotatable bonds is 17. The zero-order valence-corrected chi connectivity index (χ0v) is 37.0. The van der Waals surface area contributed by atoms with E-state index in [0.717, 1.165) is 93.5 Å². The Hall–Kier alpha value is -5.16. The average Bonchev–Trinajstić information content (AvgIpc) is 3.29. The number of piperidine rings is 3. The number of carbonyl (C=O) groups is 5. The van der Waals surface area contributed by atoms with Gasteiger partial charge in [-0.15, -0.1) is 0 Å². The van der Waals surface area contributed by atoms with Crippen molar-refractivity contribution in [3.8, 4) is 17.2 Å². The summed E-state index contributed by atoms with van der Waals surface area (Å²) < 4.78 is 32.6. The molecular formula is C47H62FN7O8. The van der Waals surface area contributed by atoms with E-state index >= 15 is 0 Å². The van der Waals surface area contributed by atoms with Gasteiger partial charge in [0, 0.05) is 57.0 Å². The van der Waals surface area contributed by atoms with Gasteiger partial charge in [-0.3, -0.25) is 39.6 Å². The Morgan fingerprint density at radius 1 is 0.968 bits per heavy atom. The number of aldehydes is 1. The molecule has 16 heteroatoms. The molecule has 1 unspecified atom stereocenters. The fourth-order valence-corrected chi connectivity index (χ4v) is 10.2. The minimum Gasteiger partial charge on any atom is -0.496 e. The molecule has 7 rings (SSSR count). The first kappa shape index (κ1) is 45.9. The number of hydrogen-bond donors (Lipinski definition) is 3. The van der Waals surface area contributed by atoms with E-state index in [1.807, 2.05) is 24.2 Å². The summed E-state index contributed by atoms with van der Waals surface area (Å²) in [7, 11) is 6.65. The van der Waals surface area contributed by atoms with Crippen LogP contribution < -0.4 is 30.3 Å². The number of allylic oxidation sites excluding steroid dienone is 1. The van der Waals surface area contributed by atoms with Gasteiger partial charge in [-0.1, -0.05) is 0 Å². The largest absolute Gasteiger partial charge is 0.496 e. The van der Waals surface area contributed by atoms with Gasteiger partial charge in [-0.25, -0.2) is 9.40 Å². The van der Waals surface area contributed by atoms with Crippen LogP contribution in [0.4, 0.5) is 4.39 Å². The molecule has 4 fully saturated rings. The minimum absolute atomic E-state index is 0.0264. The van der Waals surface area contributed by atoms with Crippen LogP contribution >= 0.6 is 0 Å². The van der Waals surface area contributed by atoms with E-state index in [2.05, 4.69) is 25.9 Å². The number of imide groups is 1. The first-order chi connectivity index (χ1) is 30.5. The maximum atomic E-state index is 14.3. The van der Waals surface area contributed by atoms with Gasteiger partial charge in [0.05, 0.1) is 31.5 Å². The van der Waals surface area contributed by atoms with Crippen molar-refractivity contribution in [3.05, 3.63) is 69.9 Å². The highest BCUT2D eigenvalue weighted by Crippen LogP contribution is 2.50. The molecule has 4 aliphatic heterocycles. The van der Waals surface area contributed by atoms with E-state index in [-0.39, 0.29) is 41.4 Å². The molecule has 3 saturated heterocycles. The van der Waals surface area contributed by atoms with Crippen LogP contribution in [0.1, 0.15) is 89.6 Å². The lowest BCUT2D eigenvalue weighted by Gasteiger charge is -2.52. The predicted octanol–water partition coefficient (Wildman–Crippen LogP) is 4.12. The third-order valence-electron chi connectivity index (χ3n) is 14.0. The van der Waals surface area contributed by atoms with Gasteiger partial charge in [0.2, 0.25) is 18.2 Å². The molecule has 63 heavy (non-hydrogen) atoms. The van der Waals surface area contributed by atoms with Gasteiger partial charge in [0.1, 0.15) is 30.0 Å². The van der Waals surface area contributed by atoms with Crippen LogP contribution in [0.3, 0.4) is 0 Å². The molecule has 0 bridgehead atoms. The van der Waals surface area contributed by atoms with Crippen molar-refractivity contribution in [3.63, 3.8) is 0 Å². The molecule has 1 atom stereocenters. The van der Waals surface area contributed by atoms with E-state index in [9.17, 15) is 28.4 Å². The smallest absolute Gasteiger partial charge is 0.255 e. The van der Waals surface area contributed by atoms with Crippen LogP contribution in [0, 0.1) is 11.3 Å². The van der Waals surface area contributed by atoms with Gasteiger partial charge >= 0.3 is 0 Å². The number of alkyl halides is 1. The van der Waals surface area contributed by atoms with Crippen molar-refractivity contribution in [2.75, 3.05) is 80.8 Å². The summed E-state index contributed by atoms with van der Waals surface area (Å²) in [6, 6.07) is 8.04. The quantitative estimate of drug-likeness (QED) is 0.154. The van der Waals surface area contributed by atoms with Crippen molar-refractivity contribution in [1.29, 1.82) is 0 Å².